The molecule has 2 aromatic rings. The molecule has 0 unspecified atom stereocenters. The molecule has 7 heteroatoms. The minimum Gasteiger partial charge on any atom is -0.325 e. The van der Waals surface area contributed by atoms with Crippen LogP contribution in [-0.4, -0.2) is 30.6 Å². The second-order valence-corrected chi connectivity index (χ2v) is 9.86. The van der Waals surface area contributed by atoms with Crippen LogP contribution >= 0.6 is 0 Å². The molecular weight excluding hydrogens is 350 g/mol. The maximum atomic E-state index is 12.2. The van der Waals surface area contributed by atoms with E-state index in [0.29, 0.717) is 25.8 Å². The number of aryl methyl sites for hydroxylation is 1. The van der Waals surface area contributed by atoms with Gasteiger partial charge in [0, 0.05) is 24.0 Å². The minimum absolute atomic E-state index is 0.0839. The Balaban J connectivity index is 1.85. The Morgan fingerprint density at radius 1 is 1.15 bits per heavy atom. The Hall–Kier alpha value is -1.99. The molecule has 1 aromatic carbocycles. The Bertz CT molecular complexity index is 887. The van der Waals surface area contributed by atoms with Crippen LogP contribution in [0.15, 0.2) is 30.3 Å². The van der Waals surface area contributed by atoms with Gasteiger partial charge in [0.1, 0.15) is 0 Å². The van der Waals surface area contributed by atoms with Crippen molar-refractivity contribution in [2.75, 3.05) is 11.9 Å². The van der Waals surface area contributed by atoms with Gasteiger partial charge in [0.05, 0.1) is 16.0 Å². The summed E-state index contributed by atoms with van der Waals surface area (Å²) in [6.45, 7) is 7.20. The lowest BCUT2D eigenvalue weighted by atomic mass is 10.1. The van der Waals surface area contributed by atoms with E-state index in [4.69, 9.17) is 0 Å². The molecule has 0 spiro atoms. The van der Waals surface area contributed by atoms with E-state index in [1.165, 1.54) is 0 Å². The minimum atomic E-state index is -3.33. The summed E-state index contributed by atoms with van der Waals surface area (Å²) in [5.41, 5.74) is 2.45. The molecule has 0 aliphatic heterocycles. The van der Waals surface area contributed by atoms with E-state index >= 15 is 0 Å². The number of nitrogens with one attached hydrogen (secondary N) is 2. The quantitative estimate of drug-likeness (QED) is 0.724. The number of fused-ring (bicyclic) bond motifs is 1. The number of unbranched alkanes of at least 4 members (excludes halogenated alkanes) is 1. The average Bonchev–Trinajstić information content (AvgIpc) is 2.53. The number of pyridine rings is 1. The molecular formula is C19H27N3O3S. The summed E-state index contributed by atoms with van der Waals surface area (Å²) in [6.07, 6.45) is 1.56. The number of benzene rings is 1. The zero-order chi connectivity index (χ0) is 19.4. The summed E-state index contributed by atoms with van der Waals surface area (Å²) in [6, 6.07) is 9.53. The molecule has 142 valence electrons. The van der Waals surface area contributed by atoms with Crippen LogP contribution in [0.4, 0.5) is 5.69 Å². The molecule has 1 heterocycles. The predicted octanol–water partition coefficient (Wildman–Crippen LogP) is 3.37. The third kappa shape index (κ3) is 5.25. The normalized spacial score (nSPS) is 12.3. The first-order chi connectivity index (χ1) is 12.1. The number of hydrogen-bond acceptors (Lipinski definition) is 4. The highest BCUT2D eigenvalue weighted by molar-refractivity contribution is 7.90. The van der Waals surface area contributed by atoms with Crippen LogP contribution < -0.4 is 10.0 Å². The number of aromatic nitrogens is 1. The molecule has 0 atom stereocenters. The lowest BCUT2D eigenvalue weighted by Crippen LogP contribution is -2.39. The van der Waals surface area contributed by atoms with Gasteiger partial charge in [-0.25, -0.2) is 13.1 Å². The molecule has 1 aromatic heterocycles. The predicted molar refractivity (Wildman–Crippen MR) is 106 cm³/mol. The molecule has 26 heavy (non-hydrogen) atoms. The third-order valence-corrected chi connectivity index (χ3v) is 6.24. The van der Waals surface area contributed by atoms with Gasteiger partial charge < -0.3 is 5.32 Å². The Morgan fingerprint density at radius 2 is 1.85 bits per heavy atom. The lowest BCUT2D eigenvalue weighted by molar-refractivity contribution is -0.116. The van der Waals surface area contributed by atoms with Crippen molar-refractivity contribution in [3.05, 3.63) is 36.0 Å². The summed E-state index contributed by atoms with van der Waals surface area (Å²) >= 11 is 0. The monoisotopic (exact) mass is 377 g/mol. The summed E-state index contributed by atoms with van der Waals surface area (Å²) in [5, 5.41) is 3.85. The molecule has 2 rings (SSSR count). The van der Waals surface area contributed by atoms with Gasteiger partial charge in [0.15, 0.2) is 0 Å². The number of hydrogen-bond donors (Lipinski definition) is 2. The summed E-state index contributed by atoms with van der Waals surface area (Å²) in [5.74, 6) is -0.0839. The third-order valence-electron chi connectivity index (χ3n) is 4.05. The number of nitrogens with zero attached hydrogens (tertiary/aromatic N) is 1. The number of para-hydroxylation sites is 1. The van der Waals surface area contributed by atoms with Gasteiger partial charge in [-0.3, -0.25) is 9.78 Å². The van der Waals surface area contributed by atoms with E-state index in [0.717, 1.165) is 22.3 Å². The van der Waals surface area contributed by atoms with Crippen molar-refractivity contribution >= 4 is 32.5 Å². The van der Waals surface area contributed by atoms with Crippen LogP contribution in [0.2, 0.25) is 0 Å². The smallest absolute Gasteiger partial charge is 0.224 e. The second kappa shape index (κ2) is 8.14. The summed E-state index contributed by atoms with van der Waals surface area (Å²) in [7, 11) is -3.33. The van der Waals surface area contributed by atoms with Gasteiger partial charge in [-0.15, -0.1) is 0 Å². The van der Waals surface area contributed by atoms with Crippen molar-refractivity contribution in [2.24, 2.45) is 0 Å². The molecule has 1 amide bonds. The van der Waals surface area contributed by atoms with Crippen LogP contribution in [0, 0.1) is 6.92 Å². The standard InChI is InChI=1S/C19H27N3O3S/c1-14-13-17(15-9-5-6-10-16(15)21-14)22-18(23)11-7-8-12-20-26(24,25)19(2,3)4/h5-6,9-10,13,20H,7-8,11-12H2,1-4H3,(H,21,22,23). The SMILES string of the molecule is Cc1cc(NC(=O)CCCCNS(=O)(=O)C(C)(C)C)c2ccccc2n1. The fourth-order valence-corrected chi connectivity index (χ4v) is 3.30. The molecule has 0 aliphatic rings. The first kappa shape index (κ1) is 20.3. The molecule has 0 bridgehead atoms. The maximum absolute atomic E-state index is 12.2. The van der Waals surface area contributed by atoms with E-state index < -0.39 is 14.8 Å². The number of rotatable bonds is 7. The van der Waals surface area contributed by atoms with Crippen LogP contribution in [0.25, 0.3) is 10.9 Å². The van der Waals surface area contributed by atoms with Crippen molar-refractivity contribution in [1.29, 1.82) is 0 Å². The maximum Gasteiger partial charge on any atom is 0.224 e. The van der Waals surface area contributed by atoms with Gasteiger partial charge in [-0.1, -0.05) is 18.2 Å². The molecule has 6 nitrogen and oxygen atoms in total. The van der Waals surface area contributed by atoms with Gasteiger partial charge in [-0.2, -0.15) is 0 Å². The fraction of sp³-hybridized carbons (Fsp3) is 0.474. The number of carbonyl (C=O) groups excluding carboxylic acids is 1. The summed E-state index contributed by atoms with van der Waals surface area (Å²) < 4.78 is 25.7. The zero-order valence-electron chi connectivity index (χ0n) is 15.8. The Labute approximate surface area is 155 Å². The first-order valence-corrected chi connectivity index (χ1v) is 10.2. The number of sulfonamides is 1. The molecule has 0 saturated carbocycles. The fourth-order valence-electron chi connectivity index (χ4n) is 2.46. The second-order valence-electron chi connectivity index (χ2n) is 7.34. The molecule has 0 fully saturated rings. The van der Waals surface area contributed by atoms with Crippen LogP contribution in [0.1, 0.15) is 45.7 Å². The van der Waals surface area contributed by atoms with E-state index in [-0.39, 0.29) is 5.91 Å². The number of amides is 1. The van der Waals surface area contributed by atoms with Crippen LogP contribution in [-0.2, 0) is 14.8 Å². The van der Waals surface area contributed by atoms with Crippen molar-refractivity contribution in [1.82, 2.24) is 9.71 Å². The topological polar surface area (TPSA) is 88.2 Å². The highest BCUT2D eigenvalue weighted by atomic mass is 32.2. The highest BCUT2D eigenvalue weighted by Crippen LogP contribution is 2.23. The Morgan fingerprint density at radius 3 is 2.54 bits per heavy atom. The van der Waals surface area contributed by atoms with Gasteiger partial charge in [0.25, 0.3) is 0 Å². The van der Waals surface area contributed by atoms with Gasteiger partial charge in [0.2, 0.25) is 15.9 Å². The van der Waals surface area contributed by atoms with Crippen LogP contribution in [0.3, 0.4) is 0 Å². The highest BCUT2D eigenvalue weighted by Gasteiger charge is 2.27. The van der Waals surface area contributed by atoms with E-state index in [1.807, 2.05) is 37.3 Å². The van der Waals surface area contributed by atoms with Crippen molar-refractivity contribution in [2.45, 2.75) is 51.7 Å². The summed E-state index contributed by atoms with van der Waals surface area (Å²) in [4.78, 5) is 16.7. The lowest BCUT2D eigenvalue weighted by Gasteiger charge is -2.19. The van der Waals surface area contributed by atoms with Gasteiger partial charge >= 0.3 is 0 Å². The van der Waals surface area contributed by atoms with E-state index in [9.17, 15) is 13.2 Å². The van der Waals surface area contributed by atoms with Crippen molar-refractivity contribution in [3.63, 3.8) is 0 Å². The Kier molecular flexibility index (Phi) is 6.36. The molecule has 0 aliphatic carbocycles. The van der Waals surface area contributed by atoms with Crippen molar-refractivity contribution < 1.29 is 13.2 Å². The van der Waals surface area contributed by atoms with Gasteiger partial charge in [-0.05, 0) is 52.7 Å². The average molecular weight is 378 g/mol. The number of anilines is 1. The van der Waals surface area contributed by atoms with Crippen molar-refractivity contribution in [3.8, 4) is 0 Å². The largest absolute Gasteiger partial charge is 0.325 e. The number of carbonyl (C=O) groups is 1. The van der Waals surface area contributed by atoms with E-state index in [1.54, 1.807) is 20.8 Å². The van der Waals surface area contributed by atoms with Crippen LogP contribution in [0.5, 0.6) is 0 Å². The zero-order valence-corrected chi connectivity index (χ0v) is 16.6. The molecule has 2 N–H and O–H groups in total. The molecule has 0 radical (unpaired) electrons. The molecule has 0 saturated heterocycles. The van der Waals surface area contributed by atoms with E-state index in [2.05, 4.69) is 15.0 Å². The first-order valence-electron chi connectivity index (χ1n) is 8.75.